The van der Waals surface area contributed by atoms with E-state index >= 15 is 0 Å². The third-order valence-corrected chi connectivity index (χ3v) is 2.96. The lowest BCUT2D eigenvalue weighted by Gasteiger charge is -2.20. The summed E-state index contributed by atoms with van der Waals surface area (Å²) < 4.78 is 27.9. The number of benzene rings is 1. The van der Waals surface area contributed by atoms with Crippen LogP contribution in [0.1, 0.15) is 24.2 Å². The van der Waals surface area contributed by atoms with Crippen molar-refractivity contribution in [3.05, 3.63) is 66.0 Å². The quantitative estimate of drug-likeness (QED) is 0.891. The maximum absolute atomic E-state index is 13.9. The van der Waals surface area contributed by atoms with Gasteiger partial charge < -0.3 is 5.32 Å². The molecule has 0 unspecified atom stereocenters. The van der Waals surface area contributed by atoms with Crippen molar-refractivity contribution >= 4 is 0 Å². The van der Waals surface area contributed by atoms with E-state index in [-0.39, 0.29) is 11.6 Å². The first kappa shape index (κ1) is 13.6. The Labute approximate surface area is 111 Å². The molecule has 0 fully saturated rings. The molecule has 1 aromatic heterocycles. The van der Waals surface area contributed by atoms with E-state index in [0.29, 0.717) is 0 Å². The molecule has 0 spiro atoms. The number of pyridine rings is 1. The molecule has 2 aromatic rings. The number of rotatable bonds is 5. The predicted molar refractivity (Wildman–Crippen MR) is 71.0 cm³/mol. The second-order valence-corrected chi connectivity index (χ2v) is 4.43. The van der Waals surface area contributed by atoms with E-state index in [1.807, 2.05) is 19.1 Å². The van der Waals surface area contributed by atoms with E-state index in [9.17, 15) is 8.78 Å². The SMILES string of the molecule is C[C@H](NCC(F)(F)c1ccccc1)c1ccccn1. The molecule has 0 saturated heterocycles. The molecule has 2 rings (SSSR count). The van der Waals surface area contributed by atoms with Crippen LogP contribution in [0.25, 0.3) is 0 Å². The van der Waals surface area contributed by atoms with E-state index in [1.165, 1.54) is 12.1 Å². The van der Waals surface area contributed by atoms with Gasteiger partial charge in [-0.1, -0.05) is 36.4 Å². The highest BCUT2D eigenvalue weighted by molar-refractivity contribution is 5.20. The van der Waals surface area contributed by atoms with Crippen molar-refractivity contribution < 1.29 is 8.78 Å². The maximum atomic E-state index is 13.9. The van der Waals surface area contributed by atoms with Crippen molar-refractivity contribution in [2.24, 2.45) is 0 Å². The molecule has 1 aromatic carbocycles. The van der Waals surface area contributed by atoms with Crippen LogP contribution >= 0.6 is 0 Å². The van der Waals surface area contributed by atoms with Gasteiger partial charge >= 0.3 is 0 Å². The van der Waals surface area contributed by atoms with Crippen LogP contribution in [-0.4, -0.2) is 11.5 Å². The molecule has 0 aliphatic heterocycles. The van der Waals surface area contributed by atoms with Gasteiger partial charge in [0, 0.05) is 17.8 Å². The van der Waals surface area contributed by atoms with Gasteiger partial charge in [-0.25, -0.2) is 0 Å². The van der Waals surface area contributed by atoms with Crippen molar-refractivity contribution in [1.82, 2.24) is 10.3 Å². The van der Waals surface area contributed by atoms with Crippen LogP contribution in [0.2, 0.25) is 0 Å². The van der Waals surface area contributed by atoms with Gasteiger partial charge in [0.15, 0.2) is 0 Å². The summed E-state index contributed by atoms with van der Waals surface area (Å²) in [5, 5.41) is 2.83. The molecule has 0 aliphatic rings. The Balaban J connectivity index is 1.99. The number of hydrogen-bond acceptors (Lipinski definition) is 2. The molecule has 2 nitrogen and oxygen atoms in total. The topological polar surface area (TPSA) is 24.9 Å². The molecule has 0 radical (unpaired) electrons. The van der Waals surface area contributed by atoms with E-state index in [2.05, 4.69) is 10.3 Å². The highest BCUT2D eigenvalue weighted by atomic mass is 19.3. The smallest absolute Gasteiger partial charge is 0.285 e. The zero-order valence-electron chi connectivity index (χ0n) is 10.7. The minimum Gasteiger partial charge on any atom is -0.303 e. The molecular weight excluding hydrogens is 246 g/mol. The van der Waals surface area contributed by atoms with Gasteiger partial charge in [-0.3, -0.25) is 4.98 Å². The summed E-state index contributed by atoms with van der Waals surface area (Å²) in [6, 6.07) is 13.1. The van der Waals surface area contributed by atoms with Crippen molar-refractivity contribution in [3.8, 4) is 0 Å². The van der Waals surface area contributed by atoms with Crippen molar-refractivity contribution in [2.75, 3.05) is 6.54 Å². The fourth-order valence-electron chi connectivity index (χ4n) is 1.80. The first-order chi connectivity index (χ1) is 9.09. The Hall–Kier alpha value is -1.81. The van der Waals surface area contributed by atoms with E-state index in [1.54, 1.807) is 30.5 Å². The molecule has 0 aliphatic carbocycles. The lowest BCUT2D eigenvalue weighted by molar-refractivity contribution is -0.00543. The molecule has 0 bridgehead atoms. The van der Waals surface area contributed by atoms with Gasteiger partial charge in [-0.15, -0.1) is 0 Å². The van der Waals surface area contributed by atoms with Crippen LogP contribution in [0.4, 0.5) is 8.78 Å². The first-order valence-electron chi connectivity index (χ1n) is 6.17. The molecule has 0 saturated carbocycles. The zero-order valence-corrected chi connectivity index (χ0v) is 10.7. The standard InChI is InChI=1S/C15H16F2N2/c1-12(14-9-5-6-10-18-14)19-11-15(16,17)13-7-3-2-4-8-13/h2-10,12,19H,11H2,1H3/t12-/m0/s1. The van der Waals surface area contributed by atoms with Crippen LogP contribution in [0, 0.1) is 0 Å². The van der Waals surface area contributed by atoms with Gasteiger partial charge in [0.1, 0.15) is 0 Å². The minimum absolute atomic E-state index is 0.0238. The van der Waals surface area contributed by atoms with Crippen molar-refractivity contribution in [2.45, 2.75) is 18.9 Å². The monoisotopic (exact) mass is 262 g/mol. The van der Waals surface area contributed by atoms with Crippen molar-refractivity contribution in [1.29, 1.82) is 0 Å². The third-order valence-electron chi connectivity index (χ3n) is 2.96. The molecule has 100 valence electrons. The number of hydrogen-bond donors (Lipinski definition) is 1. The molecular formula is C15H16F2N2. The Kier molecular flexibility index (Phi) is 4.22. The van der Waals surface area contributed by atoms with Crippen LogP contribution in [-0.2, 0) is 5.92 Å². The summed E-state index contributed by atoms with van der Waals surface area (Å²) in [5.41, 5.74) is 0.780. The normalized spacial score (nSPS) is 13.2. The van der Waals surface area contributed by atoms with Gasteiger partial charge in [-0.2, -0.15) is 8.78 Å². The first-order valence-corrected chi connectivity index (χ1v) is 6.17. The number of aromatic nitrogens is 1. The average molecular weight is 262 g/mol. The lowest BCUT2D eigenvalue weighted by Crippen LogP contribution is -2.32. The number of alkyl halides is 2. The Morgan fingerprint density at radius 1 is 1.11 bits per heavy atom. The maximum Gasteiger partial charge on any atom is 0.285 e. The fourth-order valence-corrected chi connectivity index (χ4v) is 1.80. The second kappa shape index (κ2) is 5.89. The highest BCUT2D eigenvalue weighted by Gasteiger charge is 2.31. The van der Waals surface area contributed by atoms with Crippen LogP contribution < -0.4 is 5.32 Å². The highest BCUT2D eigenvalue weighted by Crippen LogP contribution is 2.27. The summed E-state index contributed by atoms with van der Waals surface area (Å²) in [6.07, 6.45) is 1.66. The molecule has 1 N–H and O–H groups in total. The molecule has 4 heteroatoms. The van der Waals surface area contributed by atoms with E-state index in [4.69, 9.17) is 0 Å². The van der Waals surface area contributed by atoms with Crippen LogP contribution in [0.3, 0.4) is 0 Å². The largest absolute Gasteiger partial charge is 0.303 e. The van der Waals surface area contributed by atoms with Crippen molar-refractivity contribution in [3.63, 3.8) is 0 Å². The fraction of sp³-hybridized carbons (Fsp3) is 0.267. The second-order valence-electron chi connectivity index (χ2n) is 4.43. The number of nitrogens with zero attached hydrogens (tertiary/aromatic N) is 1. The summed E-state index contributed by atoms with van der Waals surface area (Å²) in [6.45, 7) is 1.41. The summed E-state index contributed by atoms with van der Waals surface area (Å²) >= 11 is 0. The zero-order chi connectivity index (χ0) is 13.7. The molecule has 19 heavy (non-hydrogen) atoms. The van der Waals surface area contributed by atoms with E-state index in [0.717, 1.165) is 5.69 Å². The summed E-state index contributed by atoms with van der Waals surface area (Å²) in [4.78, 5) is 4.14. The molecule has 1 heterocycles. The number of nitrogens with one attached hydrogen (secondary N) is 1. The van der Waals surface area contributed by atoms with Gasteiger partial charge in [0.2, 0.25) is 0 Å². The van der Waals surface area contributed by atoms with Crippen LogP contribution in [0.15, 0.2) is 54.7 Å². The minimum atomic E-state index is -2.88. The molecule has 1 atom stereocenters. The van der Waals surface area contributed by atoms with Crippen LogP contribution in [0.5, 0.6) is 0 Å². The Bertz CT molecular complexity index is 500. The van der Waals surface area contributed by atoms with Gasteiger partial charge in [0.25, 0.3) is 5.92 Å². The Morgan fingerprint density at radius 2 is 1.79 bits per heavy atom. The predicted octanol–water partition coefficient (Wildman–Crippen LogP) is 3.52. The summed E-state index contributed by atoms with van der Waals surface area (Å²) in [5.74, 6) is -2.88. The van der Waals surface area contributed by atoms with E-state index < -0.39 is 12.5 Å². The summed E-state index contributed by atoms with van der Waals surface area (Å²) in [7, 11) is 0. The number of halogens is 2. The van der Waals surface area contributed by atoms with Gasteiger partial charge in [-0.05, 0) is 19.1 Å². The average Bonchev–Trinajstić information content (AvgIpc) is 2.47. The molecule has 0 amide bonds. The lowest BCUT2D eigenvalue weighted by atomic mass is 10.1. The Morgan fingerprint density at radius 3 is 2.42 bits per heavy atom. The van der Waals surface area contributed by atoms with Gasteiger partial charge in [0.05, 0.1) is 12.2 Å². The third kappa shape index (κ3) is 3.58.